The van der Waals surface area contributed by atoms with Gasteiger partial charge in [-0.15, -0.1) is 0 Å². The van der Waals surface area contributed by atoms with Gasteiger partial charge in [0.1, 0.15) is 0 Å². The molecule has 2 rings (SSSR count). The average molecular weight is 249 g/mol. The molecule has 5 nitrogen and oxygen atoms in total. The van der Waals surface area contributed by atoms with Crippen molar-refractivity contribution in [1.29, 1.82) is 0 Å². The Hall–Kier alpha value is -1.75. The molecule has 1 amide bonds. The molecule has 98 valence electrons. The molecule has 0 aromatic heterocycles. The van der Waals surface area contributed by atoms with Crippen LogP contribution in [0.15, 0.2) is 18.2 Å². The maximum absolute atomic E-state index is 11.2. The van der Waals surface area contributed by atoms with Crippen LogP contribution in [0.1, 0.15) is 23.7 Å². The summed E-state index contributed by atoms with van der Waals surface area (Å²) in [5.74, 6) is -0.0338. The van der Waals surface area contributed by atoms with Crippen LogP contribution in [0.3, 0.4) is 0 Å². The number of anilines is 2. The standard InChI is InChI=1S/C13H19N3O2/c1-8-7-18-5-4-11(8)16-12-6-9(13(15)17)2-3-10(12)14/h2-3,6,8,11,16H,4-5,7,14H2,1H3,(H2,15,17). The molecule has 2 unspecified atom stereocenters. The Kier molecular flexibility index (Phi) is 3.72. The number of benzene rings is 1. The number of hydrogen-bond donors (Lipinski definition) is 3. The highest BCUT2D eigenvalue weighted by molar-refractivity contribution is 5.94. The van der Waals surface area contributed by atoms with Crippen molar-refractivity contribution in [2.75, 3.05) is 24.3 Å². The van der Waals surface area contributed by atoms with Gasteiger partial charge in [0.15, 0.2) is 0 Å². The van der Waals surface area contributed by atoms with Gasteiger partial charge in [0.25, 0.3) is 0 Å². The van der Waals surface area contributed by atoms with Crippen LogP contribution >= 0.6 is 0 Å². The van der Waals surface area contributed by atoms with E-state index in [1.807, 2.05) is 0 Å². The molecular weight excluding hydrogens is 230 g/mol. The fourth-order valence-electron chi connectivity index (χ4n) is 2.13. The second-order valence-corrected chi connectivity index (χ2v) is 4.76. The topological polar surface area (TPSA) is 90.4 Å². The fourth-order valence-corrected chi connectivity index (χ4v) is 2.13. The van der Waals surface area contributed by atoms with Gasteiger partial charge in [-0.3, -0.25) is 4.79 Å². The Morgan fingerprint density at radius 1 is 1.50 bits per heavy atom. The molecule has 1 saturated heterocycles. The number of rotatable bonds is 3. The smallest absolute Gasteiger partial charge is 0.248 e. The van der Waals surface area contributed by atoms with Crippen molar-refractivity contribution < 1.29 is 9.53 Å². The molecule has 0 bridgehead atoms. The molecule has 5 N–H and O–H groups in total. The van der Waals surface area contributed by atoms with E-state index >= 15 is 0 Å². The largest absolute Gasteiger partial charge is 0.397 e. The third kappa shape index (κ3) is 2.73. The lowest BCUT2D eigenvalue weighted by molar-refractivity contribution is 0.0538. The van der Waals surface area contributed by atoms with Crippen LogP contribution in [0, 0.1) is 5.92 Å². The minimum Gasteiger partial charge on any atom is -0.397 e. The van der Waals surface area contributed by atoms with Gasteiger partial charge in [-0.1, -0.05) is 6.92 Å². The zero-order valence-corrected chi connectivity index (χ0v) is 10.5. The highest BCUT2D eigenvalue weighted by Gasteiger charge is 2.22. The summed E-state index contributed by atoms with van der Waals surface area (Å²) in [5.41, 5.74) is 13.0. The molecule has 1 heterocycles. The van der Waals surface area contributed by atoms with Gasteiger partial charge in [-0.2, -0.15) is 0 Å². The van der Waals surface area contributed by atoms with Crippen molar-refractivity contribution in [3.8, 4) is 0 Å². The lowest BCUT2D eigenvalue weighted by Gasteiger charge is -2.30. The van der Waals surface area contributed by atoms with Crippen molar-refractivity contribution >= 4 is 17.3 Å². The summed E-state index contributed by atoms with van der Waals surface area (Å²) in [4.78, 5) is 11.2. The molecule has 2 atom stereocenters. The number of amides is 1. The lowest BCUT2D eigenvalue weighted by atomic mass is 9.97. The molecule has 1 aliphatic rings. The first-order valence-corrected chi connectivity index (χ1v) is 6.11. The summed E-state index contributed by atoms with van der Waals surface area (Å²) >= 11 is 0. The van der Waals surface area contributed by atoms with Crippen molar-refractivity contribution in [2.45, 2.75) is 19.4 Å². The van der Waals surface area contributed by atoms with Gasteiger partial charge < -0.3 is 21.5 Å². The molecule has 0 aliphatic carbocycles. The Morgan fingerprint density at radius 2 is 2.28 bits per heavy atom. The van der Waals surface area contributed by atoms with E-state index in [1.54, 1.807) is 18.2 Å². The van der Waals surface area contributed by atoms with Gasteiger partial charge in [-0.05, 0) is 30.5 Å². The number of nitrogen functional groups attached to an aromatic ring is 1. The number of ether oxygens (including phenoxy) is 1. The second-order valence-electron chi connectivity index (χ2n) is 4.76. The monoisotopic (exact) mass is 249 g/mol. The van der Waals surface area contributed by atoms with E-state index in [0.29, 0.717) is 23.2 Å². The van der Waals surface area contributed by atoms with Crippen molar-refractivity contribution in [3.05, 3.63) is 23.8 Å². The predicted octanol–water partition coefficient (Wildman–Crippen LogP) is 1.20. The Labute approximate surface area is 106 Å². The van der Waals surface area contributed by atoms with Crippen LogP contribution in [0.5, 0.6) is 0 Å². The molecule has 0 saturated carbocycles. The summed E-state index contributed by atoms with van der Waals surface area (Å²) in [7, 11) is 0. The van der Waals surface area contributed by atoms with E-state index in [0.717, 1.165) is 25.3 Å². The Balaban J connectivity index is 2.17. The minimum absolute atomic E-state index is 0.309. The maximum atomic E-state index is 11.2. The SMILES string of the molecule is CC1COCCC1Nc1cc(C(N)=O)ccc1N. The number of hydrogen-bond acceptors (Lipinski definition) is 4. The zero-order chi connectivity index (χ0) is 13.1. The van der Waals surface area contributed by atoms with Crippen LogP contribution in [-0.2, 0) is 4.74 Å². The first kappa shape index (κ1) is 12.7. The molecular formula is C13H19N3O2. The highest BCUT2D eigenvalue weighted by atomic mass is 16.5. The summed E-state index contributed by atoms with van der Waals surface area (Å²) < 4.78 is 5.40. The van der Waals surface area contributed by atoms with Crippen LogP contribution in [0.2, 0.25) is 0 Å². The third-order valence-electron chi connectivity index (χ3n) is 3.32. The molecule has 1 aromatic rings. The van der Waals surface area contributed by atoms with Gasteiger partial charge in [0.05, 0.1) is 18.0 Å². The van der Waals surface area contributed by atoms with E-state index in [1.165, 1.54) is 0 Å². The molecule has 5 heteroatoms. The average Bonchev–Trinajstić information content (AvgIpc) is 2.34. The van der Waals surface area contributed by atoms with E-state index < -0.39 is 5.91 Å². The molecule has 1 aliphatic heterocycles. The predicted molar refractivity (Wildman–Crippen MR) is 71.4 cm³/mol. The first-order chi connectivity index (χ1) is 8.58. The van der Waals surface area contributed by atoms with Gasteiger partial charge >= 0.3 is 0 Å². The number of nitrogens with two attached hydrogens (primary N) is 2. The summed E-state index contributed by atoms with van der Waals surface area (Å²) in [6.45, 7) is 3.62. The van der Waals surface area contributed by atoms with Crippen molar-refractivity contribution in [3.63, 3.8) is 0 Å². The molecule has 0 spiro atoms. The number of carbonyl (C=O) groups excluding carboxylic acids is 1. The van der Waals surface area contributed by atoms with Gasteiger partial charge in [0.2, 0.25) is 5.91 Å². The number of nitrogens with one attached hydrogen (secondary N) is 1. The molecule has 18 heavy (non-hydrogen) atoms. The van der Waals surface area contributed by atoms with E-state index in [2.05, 4.69) is 12.2 Å². The van der Waals surface area contributed by atoms with Crippen LogP contribution in [0.4, 0.5) is 11.4 Å². The third-order valence-corrected chi connectivity index (χ3v) is 3.32. The van der Waals surface area contributed by atoms with Crippen molar-refractivity contribution in [2.24, 2.45) is 11.7 Å². The normalized spacial score (nSPS) is 23.6. The van der Waals surface area contributed by atoms with Gasteiger partial charge in [-0.25, -0.2) is 0 Å². The zero-order valence-electron chi connectivity index (χ0n) is 10.5. The molecule has 0 radical (unpaired) electrons. The summed E-state index contributed by atoms with van der Waals surface area (Å²) in [5, 5.41) is 3.38. The maximum Gasteiger partial charge on any atom is 0.248 e. The van der Waals surface area contributed by atoms with Gasteiger partial charge in [0, 0.05) is 18.2 Å². The Morgan fingerprint density at radius 3 is 2.94 bits per heavy atom. The summed E-state index contributed by atoms with van der Waals surface area (Å²) in [6, 6.07) is 5.35. The molecule has 1 fully saturated rings. The van der Waals surface area contributed by atoms with Crippen LogP contribution < -0.4 is 16.8 Å². The van der Waals surface area contributed by atoms with E-state index in [9.17, 15) is 4.79 Å². The lowest BCUT2D eigenvalue weighted by Crippen LogP contribution is -2.36. The Bertz CT molecular complexity index is 448. The minimum atomic E-state index is -0.446. The second kappa shape index (κ2) is 5.27. The summed E-state index contributed by atoms with van der Waals surface area (Å²) in [6.07, 6.45) is 0.932. The highest BCUT2D eigenvalue weighted by Crippen LogP contribution is 2.25. The number of carbonyl (C=O) groups is 1. The molecule has 1 aromatic carbocycles. The number of primary amides is 1. The fraction of sp³-hybridized carbons (Fsp3) is 0.462. The first-order valence-electron chi connectivity index (χ1n) is 6.11. The van der Waals surface area contributed by atoms with Crippen LogP contribution in [-0.4, -0.2) is 25.2 Å². The quantitative estimate of drug-likeness (QED) is 0.702. The van der Waals surface area contributed by atoms with E-state index in [-0.39, 0.29) is 0 Å². The van der Waals surface area contributed by atoms with Crippen molar-refractivity contribution in [1.82, 2.24) is 0 Å². The van der Waals surface area contributed by atoms with E-state index in [4.69, 9.17) is 16.2 Å². The van der Waals surface area contributed by atoms with Crippen LogP contribution in [0.25, 0.3) is 0 Å².